The molecule has 2 rings (SSSR count). The SMILES string of the molecule is C[C@H]1CCCC[C@@H]1NC(=S)N/N=C/c1ccc(O)c([N+](=O)[O-])c1. The molecule has 0 heterocycles. The molecule has 1 fully saturated rings. The van der Waals surface area contributed by atoms with E-state index in [1.807, 2.05) is 0 Å². The summed E-state index contributed by atoms with van der Waals surface area (Å²) < 4.78 is 0. The van der Waals surface area contributed by atoms with Crippen LogP contribution in [0.1, 0.15) is 38.2 Å². The van der Waals surface area contributed by atoms with Gasteiger partial charge in [-0.3, -0.25) is 15.5 Å². The largest absolute Gasteiger partial charge is 0.502 e. The van der Waals surface area contributed by atoms with Crippen LogP contribution in [0.25, 0.3) is 0 Å². The fourth-order valence-corrected chi connectivity index (χ4v) is 2.87. The van der Waals surface area contributed by atoms with Crippen molar-refractivity contribution < 1.29 is 10.0 Å². The Kier molecular flexibility index (Phi) is 5.86. The molecule has 0 saturated heterocycles. The molecule has 0 spiro atoms. The molecule has 7 nitrogen and oxygen atoms in total. The molecule has 0 aromatic heterocycles. The number of hydrogen-bond acceptors (Lipinski definition) is 5. The third-order valence-electron chi connectivity index (χ3n) is 4.00. The first-order valence-electron chi connectivity index (χ1n) is 7.54. The molecule has 0 bridgehead atoms. The van der Waals surface area contributed by atoms with Crippen molar-refractivity contribution in [3.05, 3.63) is 33.9 Å². The summed E-state index contributed by atoms with van der Waals surface area (Å²) in [6, 6.07) is 4.40. The molecule has 1 aromatic carbocycles. The number of hydrogen-bond donors (Lipinski definition) is 3. The van der Waals surface area contributed by atoms with E-state index in [1.54, 1.807) is 0 Å². The highest BCUT2D eigenvalue weighted by Gasteiger charge is 2.21. The lowest BCUT2D eigenvalue weighted by atomic mass is 9.86. The Morgan fingerprint density at radius 1 is 1.48 bits per heavy atom. The summed E-state index contributed by atoms with van der Waals surface area (Å²) in [7, 11) is 0. The maximum absolute atomic E-state index is 10.8. The van der Waals surface area contributed by atoms with Gasteiger partial charge in [0.25, 0.3) is 0 Å². The number of phenols is 1. The molecule has 23 heavy (non-hydrogen) atoms. The normalized spacial score (nSPS) is 21.1. The Hall–Kier alpha value is -2.22. The van der Waals surface area contributed by atoms with E-state index < -0.39 is 4.92 Å². The molecule has 0 unspecified atom stereocenters. The lowest BCUT2D eigenvalue weighted by molar-refractivity contribution is -0.385. The van der Waals surface area contributed by atoms with Gasteiger partial charge in [0.15, 0.2) is 10.9 Å². The highest BCUT2D eigenvalue weighted by molar-refractivity contribution is 7.80. The predicted octanol–water partition coefficient (Wildman–Crippen LogP) is 2.68. The quantitative estimate of drug-likeness (QED) is 0.338. The number of rotatable bonds is 4. The maximum Gasteiger partial charge on any atom is 0.311 e. The first kappa shape index (κ1) is 17.1. The van der Waals surface area contributed by atoms with E-state index in [1.165, 1.54) is 43.7 Å². The average molecular weight is 336 g/mol. The minimum absolute atomic E-state index is 0.355. The molecule has 2 atom stereocenters. The number of nitro groups is 1. The highest BCUT2D eigenvalue weighted by atomic mass is 32.1. The van der Waals surface area contributed by atoms with Crippen LogP contribution in [-0.2, 0) is 0 Å². The van der Waals surface area contributed by atoms with E-state index in [0.29, 0.717) is 22.6 Å². The lowest BCUT2D eigenvalue weighted by Gasteiger charge is -2.30. The summed E-state index contributed by atoms with van der Waals surface area (Å²) in [5.41, 5.74) is 2.86. The topological polar surface area (TPSA) is 99.8 Å². The smallest absolute Gasteiger partial charge is 0.311 e. The van der Waals surface area contributed by atoms with Gasteiger partial charge >= 0.3 is 5.69 Å². The Morgan fingerprint density at radius 2 is 2.22 bits per heavy atom. The molecule has 1 saturated carbocycles. The summed E-state index contributed by atoms with van der Waals surface area (Å²) in [5, 5.41) is 27.8. The summed E-state index contributed by atoms with van der Waals surface area (Å²) in [6.07, 6.45) is 6.17. The molecule has 3 N–H and O–H groups in total. The monoisotopic (exact) mass is 336 g/mol. The van der Waals surface area contributed by atoms with Gasteiger partial charge in [-0.25, -0.2) is 0 Å². The average Bonchev–Trinajstić information content (AvgIpc) is 2.51. The van der Waals surface area contributed by atoms with Gasteiger partial charge in [-0.15, -0.1) is 0 Å². The molecule has 0 radical (unpaired) electrons. The Labute approximate surface area is 139 Å². The Balaban J connectivity index is 1.89. The van der Waals surface area contributed by atoms with E-state index in [2.05, 4.69) is 22.8 Å². The Bertz CT molecular complexity index is 621. The standard InChI is InChI=1S/C15H20N4O3S/c1-10-4-2-3-5-12(10)17-15(23)18-16-9-11-6-7-14(20)13(8-11)19(21)22/h6-10,12,20H,2-5H2,1H3,(H2,17,18,23)/b16-9+/t10-,12-/m0/s1. The van der Waals surface area contributed by atoms with E-state index in [0.717, 1.165) is 6.42 Å². The second kappa shape index (κ2) is 7.87. The number of phenolic OH excluding ortho intramolecular Hbond substituents is 1. The van der Waals surface area contributed by atoms with Crippen LogP contribution >= 0.6 is 12.2 Å². The Morgan fingerprint density at radius 3 is 2.91 bits per heavy atom. The molecule has 0 aliphatic heterocycles. The second-order valence-electron chi connectivity index (χ2n) is 5.72. The van der Waals surface area contributed by atoms with Gasteiger partial charge < -0.3 is 10.4 Å². The van der Waals surface area contributed by atoms with E-state index in [4.69, 9.17) is 12.2 Å². The zero-order valence-electron chi connectivity index (χ0n) is 12.9. The molecule has 1 aliphatic carbocycles. The van der Waals surface area contributed by atoms with Crippen molar-refractivity contribution in [1.82, 2.24) is 10.7 Å². The van der Waals surface area contributed by atoms with Crippen molar-refractivity contribution in [1.29, 1.82) is 0 Å². The fourth-order valence-electron chi connectivity index (χ4n) is 2.66. The van der Waals surface area contributed by atoms with Gasteiger partial charge in [0, 0.05) is 17.7 Å². The molecule has 0 amide bonds. The maximum atomic E-state index is 10.8. The van der Waals surface area contributed by atoms with Crippen LogP contribution in [0, 0.1) is 16.0 Å². The first-order chi connectivity index (χ1) is 11.0. The lowest BCUT2D eigenvalue weighted by Crippen LogP contribution is -2.44. The summed E-state index contributed by atoms with van der Waals surface area (Å²) in [6.45, 7) is 2.21. The van der Waals surface area contributed by atoms with Crippen molar-refractivity contribution >= 4 is 29.2 Å². The summed E-state index contributed by atoms with van der Waals surface area (Å²) in [4.78, 5) is 10.1. The number of nitrogens with zero attached hydrogens (tertiary/aromatic N) is 2. The number of thiocarbonyl (C=S) groups is 1. The third-order valence-corrected chi connectivity index (χ3v) is 4.21. The van der Waals surface area contributed by atoms with Crippen molar-refractivity contribution in [3.63, 3.8) is 0 Å². The molecule has 1 aromatic rings. The van der Waals surface area contributed by atoms with Crippen molar-refractivity contribution in [2.75, 3.05) is 0 Å². The summed E-state index contributed by atoms with van der Waals surface area (Å²) >= 11 is 5.21. The van der Waals surface area contributed by atoms with Crippen LogP contribution in [0.15, 0.2) is 23.3 Å². The minimum atomic E-state index is -0.642. The fraction of sp³-hybridized carbons (Fsp3) is 0.467. The number of nitrogens with one attached hydrogen (secondary N) is 2. The predicted molar refractivity (Wildman–Crippen MR) is 92.6 cm³/mol. The third kappa shape index (κ3) is 4.88. The molecular weight excluding hydrogens is 316 g/mol. The van der Waals surface area contributed by atoms with Gasteiger partial charge in [0.2, 0.25) is 0 Å². The summed E-state index contributed by atoms with van der Waals surface area (Å²) in [5.74, 6) is 0.204. The van der Waals surface area contributed by atoms with Crippen molar-refractivity contribution in [3.8, 4) is 5.75 Å². The van der Waals surface area contributed by atoms with Gasteiger partial charge in [0.1, 0.15) is 0 Å². The second-order valence-corrected chi connectivity index (χ2v) is 6.13. The van der Waals surface area contributed by atoms with Crippen LogP contribution in [-0.4, -0.2) is 27.4 Å². The van der Waals surface area contributed by atoms with E-state index >= 15 is 0 Å². The minimum Gasteiger partial charge on any atom is -0.502 e. The number of nitro benzene ring substituents is 1. The molecule has 124 valence electrons. The molecule has 1 aliphatic rings. The van der Waals surface area contributed by atoms with Gasteiger partial charge in [-0.1, -0.05) is 19.8 Å². The first-order valence-corrected chi connectivity index (χ1v) is 7.95. The zero-order valence-corrected chi connectivity index (χ0v) is 13.7. The van der Waals surface area contributed by atoms with Crippen LogP contribution in [0.4, 0.5) is 5.69 Å². The van der Waals surface area contributed by atoms with Crippen LogP contribution in [0.2, 0.25) is 0 Å². The molecule has 8 heteroatoms. The number of benzene rings is 1. The van der Waals surface area contributed by atoms with Crippen LogP contribution in [0.5, 0.6) is 5.75 Å². The van der Waals surface area contributed by atoms with E-state index in [-0.39, 0.29) is 11.4 Å². The van der Waals surface area contributed by atoms with Gasteiger partial charge in [0.05, 0.1) is 11.1 Å². The van der Waals surface area contributed by atoms with Crippen LogP contribution < -0.4 is 10.7 Å². The van der Waals surface area contributed by atoms with Crippen LogP contribution in [0.3, 0.4) is 0 Å². The zero-order chi connectivity index (χ0) is 16.8. The highest BCUT2D eigenvalue weighted by Crippen LogP contribution is 2.25. The molecular formula is C15H20N4O3S. The van der Waals surface area contributed by atoms with Crippen molar-refractivity contribution in [2.45, 2.75) is 38.6 Å². The number of aromatic hydroxyl groups is 1. The van der Waals surface area contributed by atoms with Crippen molar-refractivity contribution in [2.24, 2.45) is 11.0 Å². The number of hydrazone groups is 1. The van der Waals surface area contributed by atoms with Gasteiger partial charge in [-0.2, -0.15) is 5.10 Å². The van der Waals surface area contributed by atoms with Gasteiger partial charge in [-0.05, 0) is 43.1 Å². The van der Waals surface area contributed by atoms with E-state index in [9.17, 15) is 15.2 Å².